The predicted molar refractivity (Wildman–Crippen MR) is 143 cm³/mol. The van der Waals surface area contributed by atoms with Crippen molar-refractivity contribution < 1.29 is 33.8 Å². The smallest absolute Gasteiger partial charge is 0.410 e. The molecule has 3 amide bonds. The molecule has 39 heavy (non-hydrogen) atoms. The van der Waals surface area contributed by atoms with E-state index in [1.807, 2.05) is 26.0 Å². The average molecular weight is 544 g/mol. The molecule has 1 aromatic rings. The van der Waals surface area contributed by atoms with E-state index in [1.165, 1.54) is 10.5 Å². The highest BCUT2D eigenvalue weighted by Crippen LogP contribution is 2.32. The molecule has 0 saturated carbocycles. The molecule has 10 nitrogen and oxygen atoms in total. The van der Waals surface area contributed by atoms with E-state index in [0.717, 1.165) is 36.8 Å². The molecule has 10 heteroatoms. The Labute approximate surface area is 230 Å². The van der Waals surface area contributed by atoms with E-state index < -0.39 is 47.7 Å². The van der Waals surface area contributed by atoms with Gasteiger partial charge in [-0.2, -0.15) is 0 Å². The number of amides is 3. The lowest BCUT2D eigenvalue weighted by atomic mass is 9.85. The molecule has 214 valence electrons. The number of benzene rings is 1. The number of ether oxygens (including phenoxy) is 2. The SMILES string of the molecule is CC1(C)CCCCc2cccc3c2CN(C3)C(=O)O[C@@H]2C[C@@H](C(=O)O)N(C2)C(=O)[C@H](C(C)(C)C)NC(=O)OC1. The van der Waals surface area contributed by atoms with Crippen molar-refractivity contribution in [3.05, 3.63) is 34.9 Å². The Hall–Kier alpha value is -3.30. The van der Waals surface area contributed by atoms with Gasteiger partial charge in [-0.1, -0.05) is 59.2 Å². The average Bonchev–Trinajstić information content (AvgIpc) is 3.47. The van der Waals surface area contributed by atoms with Crippen LogP contribution in [0, 0.1) is 10.8 Å². The van der Waals surface area contributed by atoms with E-state index in [4.69, 9.17) is 9.47 Å². The number of aliphatic carboxylic acids is 1. The first-order valence-corrected chi connectivity index (χ1v) is 13.8. The van der Waals surface area contributed by atoms with Crippen molar-refractivity contribution in [1.29, 1.82) is 0 Å². The van der Waals surface area contributed by atoms with Gasteiger partial charge in [0, 0.05) is 19.5 Å². The van der Waals surface area contributed by atoms with E-state index in [2.05, 4.69) is 11.4 Å². The number of carbonyl (C=O) groups is 4. The number of hydrogen-bond donors (Lipinski definition) is 2. The van der Waals surface area contributed by atoms with Gasteiger partial charge < -0.3 is 24.8 Å². The molecular weight excluding hydrogens is 502 g/mol. The molecule has 1 fully saturated rings. The van der Waals surface area contributed by atoms with Crippen LogP contribution < -0.4 is 5.32 Å². The van der Waals surface area contributed by atoms with Gasteiger partial charge in [0.05, 0.1) is 13.2 Å². The first-order chi connectivity index (χ1) is 18.2. The van der Waals surface area contributed by atoms with Gasteiger partial charge in [-0.3, -0.25) is 9.69 Å². The summed E-state index contributed by atoms with van der Waals surface area (Å²) in [4.78, 5) is 54.5. The zero-order chi connectivity index (χ0) is 28.5. The molecule has 3 atom stereocenters. The number of rotatable bonds is 1. The lowest BCUT2D eigenvalue weighted by Gasteiger charge is -2.34. The molecule has 4 bridgehead atoms. The lowest BCUT2D eigenvalue weighted by molar-refractivity contribution is -0.150. The minimum Gasteiger partial charge on any atom is -0.480 e. The molecule has 0 radical (unpaired) electrons. The molecule has 3 aliphatic heterocycles. The van der Waals surface area contributed by atoms with Crippen molar-refractivity contribution in [2.45, 2.75) is 98.0 Å². The third-order valence-electron chi connectivity index (χ3n) is 7.96. The Bertz CT molecular complexity index is 1130. The Morgan fingerprint density at radius 2 is 1.82 bits per heavy atom. The van der Waals surface area contributed by atoms with Gasteiger partial charge in [-0.15, -0.1) is 0 Å². The summed E-state index contributed by atoms with van der Waals surface area (Å²) in [7, 11) is 0. The summed E-state index contributed by atoms with van der Waals surface area (Å²) in [6.45, 7) is 10.5. The van der Waals surface area contributed by atoms with Gasteiger partial charge in [0.1, 0.15) is 18.2 Å². The highest BCUT2D eigenvalue weighted by molar-refractivity contribution is 5.90. The van der Waals surface area contributed by atoms with E-state index in [-0.39, 0.29) is 25.0 Å². The molecule has 1 saturated heterocycles. The van der Waals surface area contributed by atoms with E-state index in [1.54, 1.807) is 25.7 Å². The van der Waals surface area contributed by atoms with Crippen molar-refractivity contribution in [2.75, 3.05) is 13.2 Å². The number of nitrogens with zero attached hydrogens (tertiary/aromatic N) is 2. The van der Waals surface area contributed by atoms with Gasteiger partial charge in [-0.25, -0.2) is 14.4 Å². The van der Waals surface area contributed by atoms with Gasteiger partial charge in [0.15, 0.2) is 0 Å². The first-order valence-electron chi connectivity index (χ1n) is 13.8. The fourth-order valence-corrected chi connectivity index (χ4v) is 5.66. The maximum Gasteiger partial charge on any atom is 0.410 e. The monoisotopic (exact) mass is 543 g/mol. The van der Waals surface area contributed by atoms with Crippen LogP contribution in [-0.2, 0) is 38.6 Å². The van der Waals surface area contributed by atoms with Crippen LogP contribution in [-0.4, -0.2) is 70.3 Å². The number of fused-ring (bicyclic) bond motifs is 3. The van der Waals surface area contributed by atoms with Crippen molar-refractivity contribution in [3.63, 3.8) is 0 Å². The summed E-state index contributed by atoms with van der Waals surface area (Å²) in [6, 6.07) is 3.94. The van der Waals surface area contributed by atoms with Gasteiger partial charge in [-0.05, 0) is 46.8 Å². The molecule has 0 unspecified atom stereocenters. The van der Waals surface area contributed by atoms with Crippen LogP contribution in [0.3, 0.4) is 0 Å². The van der Waals surface area contributed by atoms with Crippen molar-refractivity contribution in [1.82, 2.24) is 15.1 Å². The summed E-state index contributed by atoms with van der Waals surface area (Å²) in [5.41, 5.74) is 2.47. The highest BCUT2D eigenvalue weighted by atomic mass is 16.6. The maximum atomic E-state index is 13.7. The Morgan fingerprint density at radius 3 is 2.51 bits per heavy atom. The topological polar surface area (TPSA) is 125 Å². The molecule has 3 aliphatic rings. The van der Waals surface area contributed by atoms with Crippen LogP contribution in [0.4, 0.5) is 9.59 Å². The number of carboxylic acid groups (broad SMARTS) is 1. The van der Waals surface area contributed by atoms with Gasteiger partial charge in [0.25, 0.3) is 0 Å². The summed E-state index contributed by atoms with van der Waals surface area (Å²) in [6.07, 6.45) is 1.61. The highest BCUT2D eigenvalue weighted by Gasteiger charge is 2.46. The molecular formula is C29H41N3O7. The minimum atomic E-state index is -1.18. The number of carbonyl (C=O) groups excluding carboxylic acids is 3. The van der Waals surface area contributed by atoms with Crippen LogP contribution in [0.15, 0.2) is 18.2 Å². The molecule has 0 spiro atoms. The van der Waals surface area contributed by atoms with Crippen LogP contribution in [0.25, 0.3) is 0 Å². The zero-order valence-electron chi connectivity index (χ0n) is 23.6. The van der Waals surface area contributed by atoms with Gasteiger partial charge >= 0.3 is 18.2 Å². The Kier molecular flexibility index (Phi) is 8.14. The molecule has 1 aromatic carbocycles. The lowest BCUT2D eigenvalue weighted by Crippen LogP contribution is -2.57. The first kappa shape index (κ1) is 28.7. The number of nitrogens with one attached hydrogen (secondary N) is 1. The second-order valence-corrected chi connectivity index (χ2v) is 12.9. The summed E-state index contributed by atoms with van der Waals surface area (Å²) in [5, 5.41) is 12.6. The van der Waals surface area contributed by atoms with Crippen molar-refractivity contribution in [3.8, 4) is 0 Å². The largest absolute Gasteiger partial charge is 0.480 e. The summed E-state index contributed by atoms with van der Waals surface area (Å²) >= 11 is 0. The zero-order valence-corrected chi connectivity index (χ0v) is 23.6. The van der Waals surface area contributed by atoms with Crippen molar-refractivity contribution >= 4 is 24.1 Å². The van der Waals surface area contributed by atoms with Crippen LogP contribution in [0.5, 0.6) is 0 Å². The number of carboxylic acids is 1. The van der Waals surface area contributed by atoms with Gasteiger partial charge in [0.2, 0.25) is 5.91 Å². The van der Waals surface area contributed by atoms with E-state index >= 15 is 0 Å². The molecule has 0 aliphatic carbocycles. The maximum absolute atomic E-state index is 13.7. The number of alkyl carbamates (subject to hydrolysis) is 1. The fourth-order valence-electron chi connectivity index (χ4n) is 5.66. The Balaban J connectivity index is 1.61. The summed E-state index contributed by atoms with van der Waals surface area (Å²) in [5.74, 6) is -1.73. The second kappa shape index (κ2) is 11.1. The van der Waals surface area contributed by atoms with Crippen LogP contribution >= 0.6 is 0 Å². The minimum absolute atomic E-state index is 0.0195. The predicted octanol–water partition coefficient (Wildman–Crippen LogP) is 4.09. The molecule has 4 rings (SSSR count). The third-order valence-corrected chi connectivity index (χ3v) is 7.96. The molecule has 0 aromatic heterocycles. The fraction of sp³-hybridized carbons (Fsp3) is 0.655. The standard InChI is InChI=1S/C29H41N3O7/c1-28(2,3)23-24(33)32-15-20(13-22(32)25(34)35)39-27(37)31-14-19-11-8-10-18(21(19)16-31)9-6-7-12-29(4,5)17-38-26(36)30-23/h8,10-11,20,22-23H,6-7,9,12-17H2,1-5H3,(H,30,36)(H,34,35)/t20-,22+,23-/m1/s1. The number of aryl methyl sites for hydroxylation is 1. The third kappa shape index (κ3) is 6.65. The number of hydrogen-bond acceptors (Lipinski definition) is 6. The van der Waals surface area contributed by atoms with E-state index in [0.29, 0.717) is 13.1 Å². The number of cyclic esters (lactones) is 1. The summed E-state index contributed by atoms with van der Waals surface area (Å²) < 4.78 is 11.3. The van der Waals surface area contributed by atoms with Crippen molar-refractivity contribution in [2.24, 2.45) is 10.8 Å². The van der Waals surface area contributed by atoms with E-state index in [9.17, 15) is 24.3 Å². The quantitative estimate of drug-likeness (QED) is 0.547. The Morgan fingerprint density at radius 1 is 1.10 bits per heavy atom. The van der Waals surface area contributed by atoms with Crippen LogP contribution in [0.1, 0.15) is 77.0 Å². The van der Waals surface area contributed by atoms with Crippen LogP contribution in [0.2, 0.25) is 0 Å². The molecule has 2 N–H and O–H groups in total. The normalized spacial score (nSPS) is 26.5. The second-order valence-electron chi connectivity index (χ2n) is 12.9. The molecule has 3 heterocycles.